The van der Waals surface area contributed by atoms with Crippen molar-refractivity contribution in [3.63, 3.8) is 0 Å². The van der Waals surface area contributed by atoms with E-state index >= 15 is 0 Å². The second kappa shape index (κ2) is 9.07. The van der Waals surface area contributed by atoms with Crippen molar-refractivity contribution in [2.24, 2.45) is 0 Å². The second-order valence-electron chi connectivity index (χ2n) is 4.60. The van der Waals surface area contributed by atoms with Crippen LogP contribution in [-0.4, -0.2) is 46.4 Å². The van der Waals surface area contributed by atoms with Crippen molar-refractivity contribution >= 4 is 11.6 Å². The Morgan fingerprint density at radius 1 is 1.14 bits per heavy atom. The van der Waals surface area contributed by atoms with E-state index < -0.39 is 0 Å². The third-order valence-corrected chi connectivity index (χ3v) is 2.95. The van der Waals surface area contributed by atoms with E-state index in [2.05, 4.69) is 10.6 Å². The Bertz CT molecular complexity index is 429. The standard InChI is InChI=1S/C15H24N2O4/c1-11(15(18)16-6-5-7-19-2)17-12-8-13(20-3)10-14(9-12)21-4/h8-11,17H,5-7H2,1-4H3,(H,16,18). The minimum atomic E-state index is -0.357. The van der Waals surface area contributed by atoms with Crippen LogP contribution in [0, 0.1) is 0 Å². The lowest BCUT2D eigenvalue weighted by molar-refractivity contribution is -0.121. The predicted molar refractivity (Wildman–Crippen MR) is 82.1 cm³/mol. The molecule has 0 saturated heterocycles. The van der Waals surface area contributed by atoms with Crippen LogP contribution in [0.15, 0.2) is 18.2 Å². The van der Waals surface area contributed by atoms with Gasteiger partial charge in [-0.05, 0) is 13.3 Å². The number of carbonyl (C=O) groups is 1. The van der Waals surface area contributed by atoms with Crippen LogP contribution in [-0.2, 0) is 9.53 Å². The molecular weight excluding hydrogens is 272 g/mol. The van der Waals surface area contributed by atoms with Gasteiger partial charge in [0.05, 0.1) is 14.2 Å². The van der Waals surface area contributed by atoms with Gasteiger partial charge >= 0.3 is 0 Å². The number of nitrogens with one attached hydrogen (secondary N) is 2. The van der Waals surface area contributed by atoms with Gasteiger partial charge < -0.3 is 24.8 Å². The Hall–Kier alpha value is -1.95. The number of rotatable bonds is 9. The molecule has 0 aromatic heterocycles. The molecule has 6 heteroatoms. The zero-order valence-electron chi connectivity index (χ0n) is 13.1. The lowest BCUT2D eigenvalue weighted by atomic mass is 10.2. The van der Waals surface area contributed by atoms with Gasteiger partial charge in [-0.1, -0.05) is 0 Å². The quantitative estimate of drug-likeness (QED) is 0.678. The molecule has 0 spiro atoms. The SMILES string of the molecule is COCCCNC(=O)C(C)Nc1cc(OC)cc(OC)c1. The molecule has 0 fully saturated rings. The Balaban J connectivity index is 2.56. The summed E-state index contributed by atoms with van der Waals surface area (Å²) in [7, 11) is 4.82. The number of hydrogen-bond acceptors (Lipinski definition) is 5. The van der Waals surface area contributed by atoms with Crippen molar-refractivity contribution < 1.29 is 19.0 Å². The first-order valence-electron chi connectivity index (χ1n) is 6.87. The fourth-order valence-electron chi connectivity index (χ4n) is 1.79. The Kier molecular flexibility index (Phi) is 7.39. The topological polar surface area (TPSA) is 68.8 Å². The van der Waals surface area contributed by atoms with Gasteiger partial charge in [-0.2, -0.15) is 0 Å². The molecule has 0 aliphatic heterocycles. The van der Waals surface area contributed by atoms with Gasteiger partial charge in [0.2, 0.25) is 5.91 Å². The fourth-order valence-corrected chi connectivity index (χ4v) is 1.79. The van der Waals surface area contributed by atoms with Gasteiger partial charge in [0.1, 0.15) is 17.5 Å². The summed E-state index contributed by atoms with van der Waals surface area (Å²) in [6, 6.07) is 5.05. The molecule has 1 aromatic rings. The summed E-state index contributed by atoms with van der Waals surface area (Å²) < 4.78 is 15.3. The highest BCUT2D eigenvalue weighted by atomic mass is 16.5. The van der Waals surface area contributed by atoms with E-state index in [-0.39, 0.29) is 11.9 Å². The molecular formula is C15H24N2O4. The number of amides is 1. The number of benzene rings is 1. The molecule has 0 aliphatic carbocycles. The smallest absolute Gasteiger partial charge is 0.242 e. The Morgan fingerprint density at radius 3 is 2.29 bits per heavy atom. The zero-order chi connectivity index (χ0) is 15.7. The number of carbonyl (C=O) groups excluding carboxylic acids is 1. The monoisotopic (exact) mass is 296 g/mol. The summed E-state index contributed by atoms with van der Waals surface area (Å²) in [5.41, 5.74) is 0.769. The van der Waals surface area contributed by atoms with E-state index in [0.29, 0.717) is 24.7 Å². The summed E-state index contributed by atoms with van der Waals surface area (Å²) in [6.07, 6.45) is 0.794. The molecule has 6 nitrogen and oxygen atoms in total. The first kappa shape index (κ1) is 17.1. The highest BCUT2D eigenvalue weighted by Crippen LogP contribution is 2.26. The molecule has 21 heavy (non-hydrogen) atoms. The first-order chi connectivity index (χ1) is 10.1. The summed E-state index contributed by atoms with van der Waals surface area (Å²) in [5, 5.41) is 5.98. The molecule has 0 bridgehead atoms. The first-order valence-corrected chi connectivity index (χ1v) is 6.87. The number of ether oxygens (including phenoxy) is 3. The van der Waals surface area contributed by atoms with Crippen molar-refractivity contribution in [3.8, 4) is 11.5 Å². The van der Waals surface area contributed by atoms with Gasteiger partial charge in [-0.3, -0.25) is 4.79 Å². The van der Waals surface area contributed by atoms with Crippen molar-refractivity contribution in [3.05, 3.63) is 18.2 Å². The predicted octanol–water partition coefficient (Wildman–Crippen LogP) is 1.66. The zero-order valence-corrected chi connectivity index (χ0v) is 13.1. The van der Waals surface area contributed by atoms with E-state index in [1.807, 2.05) is 12.1 Å². The summed E-state index contributed by atoms with van der Waals surface area (Å²) in [4.78, 5) is 11.9. The minimum Gasteiger partial charge on any atom is -0.497 e. The number of anilines is 1. The van der Waals surface area contributed by atoms with E-state index in [1.165, 1.54) is 0 Å². The minimum absolute atomic E-state index is 0.0621. The fraction of sp³-hybridized carbons (Fsp3) is 0.533. The van der Waals surface area contributed by atoms with Crippen molar-refractivity contribution in [1.82, 2.24) is 5.32 Å². The molecule has 1 rings (SSSR count). The van der Waals surface area contributed by atoms with E-state index in [0.717, 1.165) is 12.1 Å². The van der Waals surface area contributed by atoms with Crippen LogP contribution in [0.2, 0.25) is 0 Å². The Labute approximate surface area is 125 Å². The molecule has 1 atom stereocenters. The molecule has 2 N–H and O–H groups in total. The van der Waals surface area contributed by atoms with Crippen LogP contribution in [0.4, 0.5) is 5.69 Å². The maximum Gasteiger partial charge on any atom is 0.242 e. The molecule has 0 heterocycles. The molecule has 1 amide bonds. The van der Waals surface area contributed by atoms with Crippen molar-refractivity contribution in [2.75, 3.05) is 39.8 Å². The van der Waals surface area contributed by atoms with Crippen LogP contribution in [0.1, 0.15) is 13.3 Å². The highest BCUT2D eigenvalue weighted by molar-refractivity contribution is 5.84. The van der Waals surface area contributed by atoms with Crippen LogP contribution >= 0.6 is 0 Å². The lowest BCUT2D eigenvalue weighted by Gasteiger charge is -2.16. The van der Waals surface area contributed by atoms with Crippen LogP contribution in [0.3, 0.4) is 0 Å². The third kappa shape index (κ3) is 5.91. The van der Waals surface area contributed by atoms with Gasteiger partial charge in [0, 0.05) is 44.1 Å². The maximum atomic E-state index is 11.9. The summed E-state index contributed by atoms with van der Waals surface area (Å²) in [5.74, 6) is 1.28. The maximum absolute atomic E-state index is 11.9. The van der Waals surface area contributed by atoms with Gasteiger partial charge in [0.15, 0.2) is 0 Å². The summed E-state index contributed by atoms with van der Waals surface area (Å²) in [6.45, 7) is 3.03. The lowest BCUT2D eigenvalue weighted by Crippen LogP contribution is -2.38. The molecule has 1 unspecified atom stereocenters. The number of methoxy groups -OCH3 is 3. The van der Waals surface area contributed by atoms with E-state index in [1.54, 1.807) is 34.3 Å². The van der Waals surface area contributed by atoms with E-state index in [9.17, 15) is 4.79 Å². The van der Waals surface area contributed by atoms with E-state index in [4.69, 9.17) is 14.2 Å². The van der Waals surface area contributed by atoms with Crippen molar-refractivity contribution in [1.29, 1.82) is 0 Å². The van der Waals surface area contributed by atoms with Gasteiger partial charge in [-0.15, -0.1) is 0 Å². The van der Waals surface area contributed by atoms with Gasteiger partial charge in [0.25, 0.3) is 0 Å². The molecule has 118 valence electrons. The highest BCUT2D eigenvalue weighted by Gasteiger charge is 2.13. The van der Waals surface area contributed by atoms with Crippen LogP contribution in [0.25, 0.3) is 0 Å². The largest absolute Gasteiger partial charge is 0.497 e. The Morgan fingerprint density at radius 2 is 1.76 bits per heavy atom. The van der Waals surface area contributed by atoms with Crippen LogP contribution in [0.5, 0.6) is 11.5 Å². The second-order valence-corrected chi connectivity index (χ2v) is 4.60. The van der Waals surface area contributed by atoms with Crippen molar-refractivity contribution in [2.45, 2.75) is 19.4 Å². The molecule has 1 aromatic carbocycles. The summed E-state index contributed by atoms with van der Waals surface area (Å²) >= 11 is 0. The normalized spacial score (nSPS) is 11.6. The average molecular weight is 296 g/mol. The van der Waals surface area contributed by atoms with Crippen LogP contribution < -0.4 is 20.1 Å². The third-order valence-electron chi connectivity index (χ3n) is 2.95. The molecule has 0 saturated carbocycles. The molecule has 0 radical (unpaired) electrons. The number of hydrogen-bond donors (Lipinski definition) is 2. The molecule has 0 aliphatic rings. The van der Waals surface area contributed by atoms with Gasteiger partial charge in [-0.25, -0.2) is 0 Å². The average Bonchev–Trinajstić information content (AvgIpc) is 2.50.